The van der Waals surface area contributed by atoms with Crippen LogP contribution in [-0.2, 0) is 21.1 Å². The van der Waals surface area contributed by atoms with E-state index in [4.69, 9.17) is 16.0 Å². The standard InChI is InChI=1S/C19H18ClN3O4S/c1-13-2-4-14(5-3-13)12-18-22-23-19(27-18)21-17(24)10-11-28(25,26)16-8-6-15(20)7-9-16/h2-9H,10-12H2,1H3,(H,21,23,24). The summed E-state index contributed by atoms with van der Waals surface area (Å²) in [6.07, 6.45) is 0.203. The molecule has 0 fully saturated rings. The number of nitrogens with one attached hydrogen (secondary N) is 1. The van der Waals surface area contributed by atoms with Crippen molar-refractivity contribution in [2.45, 2.75) is 24.7 Å². The van der Waals surface area contributed by atoms with Crippen LogP contribution in [0.5, 0.6) is 0 Å². The van der Waals surface area contributed by atoms with Gasteiger partial charge in [-0.15, -0.1) is 5.10 Å². The molecule has 2 aromatic carbocycles. The second kappa shape index (κ2) is 8.53. The fourth-order valence-electron chi connectivity index (χ4n) is 2.42. The zero-order valence-corrected chi connectivity index (χ0v) is 16.6. The Kier molecular flexibility index (Phi) is 6.11. The molecule has 0 saturated carbocycles. The summed E-state index contributed by atoms with van der Waals surface area (Å²) >= 11 is 5.76. The third-order valence-electron chi connectivity index (χ3n) is 3.96. The first-order chi connectivity index (χ1) is 13.3. The number of hydrogen-bond acceptors (Lipinski definition) is 6. The molecule has 0 bridgehead atoms. The normalized spacial score (nSPS) is 11.4. The number of aryl methyl sites for hydroxylation is 1. The molecule has 1 aromatic heterocycles. The van der Waals surface area contributed by atoms with Crippen molar-refractivity contribution < 1.29 is 17.6 Å². The van der Waals surface area contributed by atoms with Gasteiger partial charge in [-0.1, -0.05) is 46.5 Å². The van der Waals surface area contributed by atoms with Crippen molar-refractivity contribution in [2.75, 3.05) is 11.1 Å². The minimum atomic E-state index is -3.59. The lowest BCUT2D eigenvalue weighted by Gasteiger charge is -2.04. The molecule has 3 aromatic rings. The van der Waals surface area contributed by atoms with Crippen molar-refractivity contribution in [3.05, 3.63) is 70.6 Å². The molecule has 0 aliphatic carbocycles. The van der Waals surface area contributed by atoms with Crippen LogP contribution in [0.3, 0.4) is 0 Å². The number of anilines is 1. The quantitative estimate of drug-likeness (QED) is 0.629. The topological polar surface area (TPSA) is 102 Å². The molecule has 1 heterocycles. The molecule has 0 radical (unpaired) electrons. The Morgan fingerprint density at radius 1 is 1.07 bits per heavy atom. The van der Waals surface area contributed by atoms with Gasteiger partial charge in [-0.3, -0.25) is 10.1 Å². The van der Waals surface area contributed by atoms with Gasteiger partial charge in [-0.05, 0) is 36.8 Å². The highest BCUT2D eigenvalue weighted by Gasteiger charge is 2.18. The fourth-order valence-corrected chi connectivity index (χ4v) is 3.79. The molecular weight excluding hydrogens is 402 g/mol. The summed E-state index contributed by atoms with van der Waals surface area (Å²) in [5.41, 5.74) is 2.15. The average molecular weight is 420 g/mol. The van der Waals surface area contributed by atoms with Gasteiger partial charge in [0.15, 0.2) is 9.84 Å². The van der Waals surface area contributed by atoms with Crippen molar-refractivity contribution >= 4 is 33.4 Å². The van der Waals surface area contributed by atoms with E-state index in [1.807, 2.05) is 31.2 Å². The molecule has 3 rings (SSSR count). The van der Waals surface area contributed by atoms with E-state index in [9.17, 15) is 13.2 Å². The first-order valence-electron chi connectivity index (χ1n) is 8.48. The van der Waals surface area contributed by atoms with E-state index < -0.39 is 15.7 Å². The van der Waals surface area contributed by atoms with Crippen LogP contribution in [-0.4, -0.2) is 30.3 Å². The number of amides is 1. The maximum Gasteiger partial charge on any atom is 0.322 e. The summed E-state index contributed by atoms with van der Waals surface area (Å²) in [7, 11) is -3.59. The second-order valence-corrected chi connectivity index (χ2v) is 8.78. The van der Waals surface area contributed by atoms with E-state index >= 15 is 0 Å². The van der Waals surface area contributed by atoms with Gasteiger partial charge in [0.25, 0.3) is 0 Å². The Labute approximate surface area is 167 Å². The van der Waals surface area contributed by atoms with E-state index in [0.29, 0.717) is 17.3 Å². The zero-order chi connectivity index (χ0) is 20.1. The van der Waals surface area contributed by atoms with E-state index in [2.05, 4.69) is 15.5 Å². The van der Waals surface area contributed by atoms with Gasteiger partial charge in [0.05, 0.1) is 17.1 Å². The summed E-state index contributed by atoms with van der Waals surface area (Å²) in [5.74, 6) is -0.513. The number of halogens is 1. The average Bonchev–Trinajstić information content (AvgIpc) is 3.09. The third kappa shape index (κ3) is 5.40. The molecule has 1 N–H and O–H groups in total. The number of nitrogens with zero attached hydrogens (tertiary/aromatic N) is 2. The second-order valence-electron chi connectivity index (χ2n) is 6.23. The Hall–Kier alpha value is -2.71. The number of carbonyl (C=O) groups excluding carboxylic acids is 1. The van der Waals surface area contributed by atoms with Crippen LogP contribution in [0, 0.1) is 6.92 Å². The highest BCUT2D eigenvalue weighted by Crippen LogP contribution is 2.17. The van der Waals surface area contributed by atoms with Crippen LogP contribution < -0.4 is 5.32 Å². The molecule has 9 heteroatoms. The van der Waals surface area contributed by atoms with Crippen LogP contribution >= 0.6 is 11.6 Å². The van der Waals surface area contributed by atoms with Gasteiger partial charge >= 0.3 is 6.01 Å². The zero-order valence-electron chi connectivity index (χ0n) is 15.1. The number of benzene rings is 2. The highest BCUT2D eigenvalue weighted by atomic mass is 35.5. The number of sulfone groups is 1. The molecular formula is C19H18ClN3O4S. The van der Waals surface area contributed by atoms with Crippen molar-refractivity contribution in [3.8, 4) is 0 Å². The summed E-state index contributed by atoms with van der Waals surface area (Å²) < 4.78 is 29.9. The Balaban J connectivity index is 1.54. The molecule has 0 aliphatic heterocycles. The maximum absolute atomic E-state index is 12.3. The molecule has 1 amide bonds. The molecule has 146 valence electrons. The van der Waals surface area contributed by atoms with Gasteiger partial charge in [0.1, 0.15) is 0 Å². The van der Waals surface area contributed by atoms with Crippen molar-refractivity contribution in [2.24, 2.45) is 0 Å². The van der Waals surface area contributed by atoms with E-state index in [-0.39, 0.29) is 23.1 Å². The first-order valence-corrected chi connectivity index (χ1v) is 10.5. The lowest BCUT2D eigenvalue weighted by atomic mass is 10.1. The first kappa shape index (κ1) is 20.0. The van der Waals surface area contributed by atoms with Crippen LogP contribution in [0.2, 0.25) is 5.02 Å². The minimum absolute atomic E-state index is 0.0593. The SMILES string of the molecule is Cc1ccc(Cc2nnc(NC(=O)CCS(=O)(=O)c3ccc(Cl)cc3)o2)cc1. The van der Waals surface area contributed by atoms with Crippen LogP contribution in [0.4, 0.5) is 6.01 Å². The van der Waals surface area contributed by atoms with Gasteiger partial charge in [0, 0.05) is 11.4 Å². The monoisotopic (exact) mass is 419 g/mol. The van der Waals surface area contributed by atoms with Crippen LogP contribution in [0.1, 0.15) is 23.4 Å². The smallest absolute Gasteiger partial charge is 0.322 e. The number of aromatic nitrogens is 2. The number of rotatable bonds is 7. The summed E-state index contributed by atoms with van der Waals surface area (Å²) in [4.78, 5) is 12.1. The Morgan fingerprint density at radius 3 is 2.43 bits per heavy atom. The molecule has 0 unspecified atom stereocenters. The van der Waals surface area contributed by atoms with Crippen LogP contribution in [0.25, 0.3) is 0 Å². The Bertz CT molecular complexity index is 1060. The van der Waals surface area contributed by atoms with E-state index in [0.717, 1.165) is 11.1 Å². The maximum atomic E-state index is 12.3. The minimum Gasteiger partial charge on any atom is -0.407 e. The largest absolute Gasteiger partial charge is 0.407 e. The van der Waals surface area contributed by atoms with Gasteiger partial charge in [-0.2, -0.15) is 0 Å². The van der Waals surface area contributed by atoms with Crippen LogP contribution in [0.15, 0.2) is 57.8 Å². The van der Waals surface area contributed by atoms with E-state index in [1.165, 1.54) is 24.3 Å². The molecule has 0 saturated heterocycles. The van der Waals surface area contributed by atoms with Gasteiger partial charge < -0.3 is 4.42 Å². The van der Waals surface area contributed by atoms with E-state index in [1.54, 1.807) is 0 Å². The Morgan fingerprint density at radius 2 is 1.75 bits per heavy atom. The molecule has 0 spiro atoms. The molecule has 0 atom stereocenters. The summed E-state index contributed by atoms with van der Waals surface area (Å²) in [6, 6.07) is 13.6. The fraction of sp³-hybridized carbons (Fsp3) is 0.211. The van der Waals surface area contributed by atoms with Gasteiger partial charge in [0.2, 0.25) is 11.8 Å². The molecule has 0 aliphatic rings. The molecule has 28 heavy (non-hydrogen) atoms. The lowest BCUT2D eigenvalue weighted by molar-refractivity contribution is -0.116. The molecule has 7 nitrogen and oxygen atoms in total. The predicted octanol–water partition coefficient (Wildman–Crippen LogP) is 3.42. The van der Waals surface area contributed by atoms with Crippen molar-refractivity contribution in [3.63, 3.8) is 0 Å². The summed E-state index contributed by atoms with van der Waals surface area (Å²) in [5, 5.41) is 10.5. The van der Waals surface area contributed by atoms with Crippen molar-refractivity contribution in [1.29, 1.82) is 0 Å². The summed E-state index contributed by atoms with van der Waals surface area (Å²) in [6.45, 7) is 2.00. The van der Waals surface area contributed by atoms with Gasteiger partial charge in [-0.25, -0.2) is 8.42 Å². The predicted molar refractivity (Wildman–Crippen MR) is 105 cm³/mol. The lowest BCUT2D eigenvalue weighted by Crippen LogP contribution is -2.17. The number of hydrogen-bond donors (Lipinski definition) is 1. The third-order valence-corrected chi connectivity index (χ3v) is 5.94. The number of carbonyl (C=O) groups is 1. The highest BCUT2D eigenvalue weighted by molar-refractivity contribution is 7.91. The van der Waals surface area contributed by atoms with Crippen molar-refractivity contribution in [1.82, 2.24) is 10.2 Å².